The van der Waals surface area contributed by atoms with E-state index >= 15 is 0 Å². The van der Waals surface area contributed by atoms with Crippen molar-refractivity contribution in [3.05, 3.63) is 157 Å². The largest absolute Gasteiger partial charge is 0.310 e. The van der Waals surface area contributed by atoms with Gasteiger partial charge in [-0.15, -0.1) is 0 Å². The van der Waals surface area contributed by atoms with Gasteiger partial charge < -0.3 is 9.47 Å². The van der Waals surface area contributed by atoms with Gasteiger partial charge >= 0.3 is 0 Å². The zero-order valence-corrected chi connectivity index (χ0v) is 23.7. The van der Waals surface area contributed by atoms with E-state index in [0.29, 0.717) is 0 Å². The van der Waals surface area contributed by atoms with Gasteiger partial charge in [0, 0.05) is 38.9 Å². The summed E-state index contributed by atoms with van der Waals surface area (Å²) in [7, 11) is 0. The number of rotatable bonds is 4. The van der Waals surface area contributed by atoms with Gasteiger partial charge in [-0.05, 0) is 76.9 Å². The van der Waals surface area contributed by atoms with Crippen LogP contribution < -0.4 is 4.90 Å². The topological polar surface area (TPSA) is 8.17 Å². The molecule has 42 heavy (non-hydrogen) atoms. The zero-order chi connectivity index (χ0) is 27.6. The monoisotopic (exact) mass is 546 g/mol. The van der Waals surface area contributed by atoms with Gasteiger partial charge in [0.15, 0.2) is 0 Å². The van der Waals surface area contributed by atoms with E-state index in [0.717, 1.165) is 17.1 Å². The molecule has 1 heterocycles. The first-order valence-corrected chi connectivity index (χ1v) is 14.3. The van der Waals surface area contributed by atoms with Gasteiger partial charge in [-0.25, -0.2) is 0 Å². The fourth-order valence-electron chi connectivity index (χ4n) is 6.82. The molecule has 0 N–H and O–H groups in total. The van der Waals surface area contributed by atoms with E-state index in [9.17, 15) is 0 Å². The standard InChI is InChI=1S/C39H30N2.FH/c1-39(2)35-19-11-9-17-31(35)34-25-29(22-24-36(34)39)40(27-13-5-3-6-14-27)30-21-23-33-32-18-10-12-20-37(32)41(38(33)26-30)28-15-7-4-8-16-28;/h3-26H,1-2H3;1H. The van der Waals surface area contributed by atoms with Gasteiger partial charge in [0.05, 0.1) is 11.0 Å². The van der Waals surface area contributed by atoms with Crippen molar-refractivity contribution >= 4 is 38.9 Å². The molecule has 0 atom stereocenters. The van der Waals surface area contributed by atoms with E-state index in [2.05, 4.69) is 169 Å². The van der Waals surface area contributed by atoms with Gasteiger partial charge in [-0.2, -0.15) is 0 Å². The average molecular weight is 547 g/mol. The minimum atomic E-state index is -0.0163. The van der Waals surface area contributed by atoms with Gasteiger partial charge in [-0.1, -0.05) is 105 Å². The van der Waals surface area contributed by atoms with E-state index < -0.39 is 0 Å². The smallest absolute Gasteiger partial charge is 0.0561 e. The second kappa shape index (κ2) is 9.74. The van der Waals surface area contributed by atoms with Gasteiger partial charge in [0.25, 0.3) is 0 Å². The molecule has 0 unspecified atom stereocenters. The lowest BCUT2D eigenvalue weighted by molar-refractivity contribution is 0.660. The minimum Gasteiger partial charge on any atom is -0.310 e. The first-order chi connectivity index (χ1) is 20.1. The normalized spacial score (nSPS) is 13.0. The lowest BCUT2D eigenvalue weighted by atomic mass is 9.82. The Morgan fingerprint density at radius 1 is 0.476 bits per heavy atom. The van der Waals surface area contributed by atoms with Crippen LogP contribution in [0.3, 0.4) is 0 Å². The summed E-state index contributed by atoms with van der Waals surface area (Å²) in [6, 6.07) is 52.9. The van der Waals surface area contributed by atoms with E-state index in [1.165, 1.54) is 49.7 Å². The van der Waals surface area contributed by atoms with E-state index in [4.69, 9.17) is 0 Å². The summed E-state index contributed by atoms with van der Waals surface area (Å²) in [5, 5.41) is 2.52. The molecular weight excluding hydrogens is 515 g/mol. The Bertz CT molecular complexity index is 2070. The summed E-state index contributed by atoms with van der Waals surface area (Å²) in [5.74, 6) is 0. The second-order valence-electron chi connectivity index (χ2n) is 11.5. The van der Waals surface area contributed by atoms with Crippen molar-refractivity contribution in [2.24, 2.45) is 0 Å². The number of fused-ring (bicyclic) bond motifs is 6. The molecule has 0 amide bonds. The first kappa shape index (κ1) is 25.8. The molecule has 204 valence electrons. The van der Waals surface area contributed by atoms with Crippen molar-refractivity contribution in [2.75, 3.05) is 4.90 Å². The molecule has 1 aliphatic rings. The number of nitrogens with zero attached hydrogens (tertiary/aromatic N) is 2. The molecular formula is C39H31FN2. The highest BCUT2D eigenvalue weighted by Crippen LogP contribution is 2.50. The predicted molar refractivity (Wildman–Crippen MR) is 176 cm³/mol. The molecule has 1 aromatic heterocycles. The number of hydrogen-bond donors (Lipinski definition) is 0. The molecule has 8 rings (SSSR count). The molecule has 3 heteroatoms. The molecule has 7 aromatic rings. The number of hydrogen-bond acceptors (Lipinski definition) is 1. The van der Waals surface area contributed by atoms with Crippen LogP contribution in [-0.4, -0.2) is 4.57 Å². The lowest BCUT2D eigenvalue weighted by Crippen LogP contribution is -2.15. The molecule has 0 aliphatic heterocycles. The number of halogens is 1. The molecule has 0 saturated carbocycles. The first-order valence-electron chi connectivity index (χ1n) is 14.3. The number of aromatic nitrogens is 1. The van der Waals surface area contributed by atoms with Gasteiger partial charge in [-0.3, -0.25) is 4.70 Å². The summed E-state index contributed by atoms with van der Waals surface area (Å²) in [6.07, 6.45) is 0. The Kier molecular flexibility index (Phi) is 5.98. The molecule has 0 radical (unpaired) electrons. The average Bonchev–Trinajstić information content (AvgIpc) is 3.47. The second-order valence-corrected chi connectivity index (χ2v) is 11.5. The number of para-hydroxylation sites is 3. The van der Waals surface area contributed by atoms with Crippen LogP contribution in [0.4, 0.5) is 21.8 Å². The van der Waals surface area contributed by atoms with Crippen LogP contribution >= 0.6 is 0 Å². The van der Waals surface area contributed by atoms with Crippen molar-refractivity contribution in [1.29, 1.82) is 0 Å². The van der Waals surface area contributed by atoms with Crippen LogP contribution in [0.1, 0.15) is 25.0 Å². The molecule has 0 spiro atoms. The summed E-state index contributed by atoms with van der Waals surface area (Å²) >= 11 is 0. The number of benzene rings is 6. The zero-order valence-electron chi connectivity index (χ0n) is 23.7. The Morgan fingerprint density at radius 2 is 1.07 bits per heavy atom. The van der Waals surface area contributed by atoms with Gasteiger partial charge in [0.2, 0.25) is 0 Å². The summed E-state index contributed by atoms with van der Waals surface area (Å²) in [4.78, 5) is 2.39. The van der Waals surface area contributed by atoms with Crippen LogP contribution in [0.15, 0.2) is 146 Å². The maximum Gasteiger partial charge on any atom is 0.0561 e. The minimum absolute atomic E-state index is 0. The molecule has 2 nitrogen and oxygen atoms in total. The highest BCUT2D eigenvalue weighted by molar-refractivity contribution is 6.10. The van der Waals surface area contributed by atoms with Crippen LogP contribution in [0.25, 0.3) is 38.6 Å². The number of anilines is 3. The van der Waals surface area contributed by atoms with Crippen LogP contribution in [0.2, 0.25) is 0 Å². The fraction of sp³-hybridized carbons (Fsp3) is 0.0769. The van der Waals surface area contributed by atoms with Crippen LogP contribution in [0, 0.1) is 0 Å². The van der Waals surface area contributed by atoms with E-state index in [-0.39, 0.29) is 10.1 Å². The van der Waals surface area contributed by atoms with Crippen molar-refractivity contribution in [1.82, 2.24) is 4.57 Å². The maximum absolute atomic E-state index is 2.39. The fourth-order valence-corrected chi connectivity index (χ4v) is 6.82. The SMILES string of the molecule is CC1(C)c2ccccc2-c2cc(N(c3ccccc3)c3ccc4c5ccccc5n(-c5ccccc5)c4c3)ccc21.F. The van der Waals surface area contributed by atoms with Crippen molar-refractivity contribution < 1.29 is 4.70 Å². The summed E-state index contributed by atoms with van der Waals surface area (Å²) in [5.41, 5.74) is 12.4. The lowest BCUT2D eigenvalue weighted by Gasteiger charge is -2.27. The van der Waals surface area contributed by atoms with Gasteiger partial charge in [0.1, 0.15) is 0 Å². The molecule has 0 saturated heterocycles. The van der Waals surface area contributed by atoms with E-state index in [1.54, 1.807) is 0 Å². The maximum atomic E-state index is 2.39. The highest BCUT2D eigenvalue weighted by Gasteiger charge is 2.35. The highest BCUT2D eigenvalue weighted by atomic mass is 19.0. The third-order valence-electron chi connectivity index (χ3n) is 8.77. The van der Waals surface area contributed by atoms with Crippen molar-refractivity contribution in [3.8, 4) is 16.8 Å². The van der Waals surface area contributed by atoms with E-state index in [1.807, 2.05) is 0 Å². The quantitative estimate of drug-likeness (QED) is 0.213. The summed E-state index contributed by atoms with van der Waals surface area (Å²) in [6.45, 7) is 4.67. The predicted octanol–water partition coefficient (Wildman–Crippen LogP) is 10.7. The van der Waals surface area contributed by atoms with Crippen molar-refractivity contribution in [3.63, 3.8) is 0 Å². The Hall–Kier alpha value is -5.15. The molecule has 0 bridgehead atoms. The van der Waals surface area contributed by atoms with Crippen LogP contribution in [0.5, 0.6) is 0 Å². The Labute approximate surface area is 245 Å². The molecule has 1 aliphatic carbocycles. The van der Waals surface area contributed by atoms with Crippen LogP contribution in [-0.2, 0) is 5.41 Å². The Morgan fingerprint density at radius 3 is 1.88 bits per heavy atom. The third-order valence-corrected chi connectivity index (χ3v) is 8.77. The molecule has 0 fully saturated rings. The summed E-state index contributed by atoms with van der Waals surface area (Å²) < 4.78 is 2.39. The Balaban J connectivity index is 0.00000288. The molecule has 6 aromatic carbocycles. The third kappa shape index (κ3) is 3.77. The van der Waals surface area contributed by atoms with Crippen molar-refractivity contribution in [2.45, 2.75) is 19.3 Å².